The van der Waals surface area contributed by atoms with Gasteiger partial charge in [-0.3, -0.25) is 4.79 Å². The van der Waals surface area contributed by atoms with Crippen LogP contribution in [0.2, 0.25) is 0 Å². The highest BCUT2D eigenvalue weighted by Gasteiger charge is 2.33. The molecular formula is C23H27FN4O4. The van der Waals surface area contributed by atoms with Crippen molar-refractivity contribution in [2.45, 2.75) is 38.1 Å². The SMILES string of the molecule is COc1c(N2CCC(CCNCCC#N)C2)c(F)cc2c(=O)c(C(=O)O)cn(C3CC3)c12. The minimum absolute atomic E-state index is 0.0346. The lowest BCUT2D eigenvalue weighted by molar-refractivity contribution is 0.0695. The summed E-state index contributed by atoms with van der Waals surface area (Å²) in [7, 11) is 1.46. The molecule has 170 valence electrons. The summed E-state index contributed by atoms with van der Waals surface area (Å²) in [5.41, 5.74) is -0.264. The van der Waals surface area contributed by atoms with E-state index in [1.54, 1.807) is 4.57 Å². The van der Waals surface area contributed by atoms with Crippen LogP contribution in [0.3, 0.4) is 0 Å². The van der Waals surface area contributed by atoms with Crippen molar-refractivity contribution in [3.05, 3.63) is 33.9 Å². The number of ether oxygens (including phenoxy) is 1. The Labute approximate surface area is 185 Å². The predicted molar refractivity (Wildman–Crippen MR) is 118 cm³/mol. The summed E-state index contributed by atoms with van der Waals surface area (Å²) in [6.45, 7) is 2.80. The van der Waals surface area contributed by atoms with Gasteiger partial charge >= 0.3 is 5.97 Å². The highest BCUT2D eigenvalue weighted by atomic mass is 19.1. The molecule has 2 N–H and O–H groups in total. The molecule has 1 unspecified atom stereocenters. The van der Waals surface area contributed by atoms with Crippen LogP contribution in [0.5, 0.6) is 5.75 Å². The predicted octanol–water partition coefficient (Wildman–Crippen LogP) is 2.90. The average molecular weight is 442 g/mol. The van der Waals surface area contributed by atoms with Gasteiger partial charge in [0, 0.05) is 38.3 Å². The molecule has 1 saturated carbocycles. The Bertz CT molecular complexity index is 1140. The number of hydrogen-bond acceptors (Lipinski definition) is 6. The van der Waals surface area contributed by atoms with Crippen molar-refractivity contribution in [2.24, 2.45) is 5.92 Å². The molecule has 0 radical (unpaired) electrons. The third-order valence-electron chi connectivity index (χ3n) is 6.32. The molecular weight excluding hydrogens is 415 g/mol. The first kappa shape index (κ1) is 22.1. The number of rotatable bonds is 9. The van der Waals surface area contributed by atoms with Gasteiger partial charge in [-0.05, 0) is 44.2 Å². The smallest absolute Gasteiger partial charge is 0.341 e. The van der Waals surface area contributed by atoms with Crippen LogP contribution < -0.4 is 20.4 Å². The van der Waals surface area contributed by atoms with Crippen LogP contribution in [0.1, 0.15) is 48.5 Å². The summed E-state index contributed by atoms with van der Waals surface area (Å²) in [4.78, 5) is 26.4. The minimum atomic E-state index is -1.32. The van der Waals surface area contributed by atoms with Crippen LogP contribution in [0.15, 0.2) is 17.1 Å². The van der Waals surface area contributed by atoms with Gasteiger partial charge in [0.1, 0.15) is 11.3 Å². The number of anilines is 1. The summed E-state index contributed by atoms with van der Waals surface area (Å²) < 4.78 is 22.8. The number of nitriles is 1. The Morgan fingerprint density at radius 1 is 1.38 bits per heavy atom. The Hall–Kier alpha value is -3.12. The largest absolute Gasteiger partial charge is 0.492 e. The molecule has 32 heavy (non-hydrogen) atoms. The normalized spacial score (nSPS) is 18.2. The Morgan fingerprint density at radius 2 is 2.16 bits per heavy atom. The highest BCUT2D eigenvalue weighted by Crippen LogP contribution is 2.44. The number of aromatic carboxylic acids is 1. The first-order valence-electron chi connectivity index (χ1n) is 11.0. The lowest BCUT2D eigenvalue weighted by atomic mass is 10.1. The molecule has 1 saturated heterocycles. The number of benzene rings is 1. The highest BCUT2D eigenvalue weighted by molar-refractivity contribution is 5.97. The first-order chi connectivity index (χ1) is 15.5. The third kappa shape index (κ3) is 4.15. The minimum Gasteiger partial charge on any atom is -0.492 e. The fourth-order valence-electron chi connectivity index (χ4n) is 4.57. The van der Waals surface area contributed by atoms with E-state index in [4.69, 9.17) is 10.00 Å². The molecule has 1 aliphatic heterocycles. The van der Waals surface area contributed by atoms with Gasteiger partial charge in [-0.15, -0.1) is 0 Å². The Balaban J connectivity index is 1.69. The van der Waals surface area contributed by atoms with Gasteiger partial charge in [0.15, 0.2) is 11.6 Å². The molecule has 2 heterocycles. The lowest BCUT2D eigenvalue weighted by Gasteiger charge is -2.25. The molecule has 1 atom stereocenters. The lowest BCUT2D eigenvalue weighted by Crippen LogP contribution is -2.25. The summed E-state index contributed by atoms with van der Waals surface area (Å²) in [5, 5.41) is 21.3. The maximum atomic E-state index is 15.3. The summed E-state index contributed by atoms with van der Waals surface area (Å²) in [5.74, 6) is -1.23. The number of carboxylic acid groups (broad SMARTS) is 1. The number of pyridine rings is 1. The second-order valence-electron chi connectivity index (χ2n) is 8.50. The number of carboxylic acids is 1. The number of aromatic nitrogens is 1. The van der Waals surface area contributed by atoms with Gasteiger partial charge in [-0.25, -0.2) is 9.18 Å². The second-order valence-corrected chi connectivity index (χ2v) is 8.50. The summed E-state index contributed by atoms with van der Waals surface area (Å²) in [6, 6.07) is 3.35. The number of nitrogens with zero attached hydrogens (tertiary/aromatic N) is 3. The molecule has 2 aromatic rings. The number of fused-ring (bicyclic) bond motifs is 1. The fraction of sp³-hybridized carbons (Fsp3) is 0.522. The van der Waals surface area contributed by atoms with E-state index in [9.17, 15) is 14.7 Å². The van der Waals surface area contributed by atoms with Gasteiger partial charge in [0.25, 0.3) is 0 Å². The zero-order valence-corrected chi connectivity index (χ0v) is 18.1. The van der Waals surface area contributed by atoms with Crippen molar-refractivity contribution in [1.82, 2.24) is 9.88 Å². The van der Waals surface area contributed by atoms with Crippen molar-refractivity contribution in [3.63, 3.8) is 0 Å². The van der Waals surface area contributed by atoms with Gasteiger partial charge in [0.2, 0.25) is 5.43 Å². The number of nitrogens with one attached hydrogen (secondary N) is 1. The van der Waals surface area contributed by atoms with Crippen LogP contribution in [0, 0.1) is 23.1 Å². The molecule has 1 aliphatic carbocycles. The molecule has 2 aliphatic rings. The Morgan fingerprint density at radius 3 is 2.81 bits per heavy atom. The molecule has 2 fully saturated rings. The van der Waals surface area contributed by atoms with Crippen LogP contribution in [0.4, 0.5) is 10.1 Å². The standard InChI is InChI=1S/C23H27FN4O4/c1-32-22-19-16(21(29)17(23(30)31)13-28(19)15-3-4-15)11-18(24)20(22)27-10-6-14(12-27)5-9-26-8-2-7-25/h11,13-15,26H,2-6,8-10,12H2,1H3,(H,30,31). The molecule has 8 nitrogen and oxygen atoms in total. The molecule has 4 rings (SSSR count). The zero-order valence-electron chi connectivity index (χ0n) is 18.1. The second kappa shape index (κ2) is 9.17. The fourth-order valence-corrected chi connectivity index (χ4v) is 4.57. The van der Waals surface area contributed by atoms with Crippen molar-refractivity contribution >= 4 is 22.6 Å². The maximum absolute atomic E-state index is 15.3. The van der Waals surface area contributed by atoms with Gasteiger partial charge in [0.05, 0.1) is 24.1 Å². The van der Waals surface area contributed by atoms with Gasteiger partial charge < -0.3 is 24.6 Å². The number of halogens is 1. The van der Waals surface area contributed by atoms with Gasteiger partial charge in [-0.1, -0.05) is 0 Å². The van der Waals surface area contributed by atoms with E-state index in [2.05, 4.69) is 11.4 Å². The topological polar surface area (TPSA) is 108 Å². The third-order valence-corrected chi connectivity index (χ3v) is 6.32. The van der Waals surface area contributed by atoms with E-state index in [0.29, 0.717) is 43.2 Å². The van der Waals surface area contributed by atoms with Crippen LogP contribution in [-0.2, 0) is 0 Å². The first-order valence-corrected chi connectivity index (χ1v) is 11.0. The van der Waals surface area contributed by atoms with E-state index >= 15 is 4.39 Å². The van der Waals surface area contributed by atoms with E-state index < -0.39 is 17.2 Å². The summed E-state index contributed by atoms with van der Waals surface area (Å²) in [6.07, 6.45) is 5.42. The quantitative estimate of drug-likeness (QED) is 0.575. The van der Waals surface area contributed by atoms with E-state index in [0.717, 1.165) is 38.3 Å². The molecule has 1 aromatic heterocycles. The van der Waals surface area contributed by atoms with Crippen molar-refractivity contribution in [3.8, 4) is 11.8 Å². The maximum Gasteiger partial charge on any atom is 0.341 e. The van der Waals surface area contributed by atoms with E-state index in [-0.39, 0.29) is 22.7 Å². The molecule has 9 heteroatoms. The molecule has 0 amide bonds. The van der Waals surface area contributed by atoms with E-state index in [1.165, 1.54) is 13.3 Å². The average Bonchev–Trinajstić information content (AvgIpc) is 3.51. The van der Waals surface area contributed by atoms with E-state index in [1.807, 2.05) is 4.90 Å². The van der Waals surface area contributed by atoms with Crippen molar-refractivity contribution < 1.29 is 19.0 Å². The number of carbonyl (C=O) groups is 1. The van der Waals surface area contributed by atoms with Crippen molar-refractivity contribution in [2.75, 3.05) is 38.2 Å². The number of hydrogen-bond donors (Lipinski definition) is 2. The van der Waals surface area contributed by atoms with Crippen LogP contribution in [-0.4, -0.2) is 48.9 Å². The molecule has 0 bridgehead atoms. The monoisotopic (exact) mass is 442 g/mol. The molecule has 0 spiro atoms. The van der Waals surface area contributed by atoms with Crippen LogP contribution >= 0.6 is 0 Å². The van der Waals surface area contributed by atoms with Crippen molar-refractivity contribution in [1.29, 1.82) is 5.26 Å². The number of methoxy groups -OCH3 is 1. The zero-order chi connectivity index (χ0) is 22.8. The Kier molecular flexibility index (Phi) is 6.33. The van der Waals surface area contributed by atoms with Crippen LogP contribution in [0.25, 0.3) is 10.9 Å². The molecule has 1 aromatic carbocycles. The van der Waals surface area contributed by atoms with Gasteiger partial charge in [-0.2, -0.15) is 5.26 Å². The summed E-state index contributed by atoms with van der Waals surface area (Å²) >= 11 is 0.